The molecule has 0 bridgehead atoms. The van der Waals surface area contributed by atoms with Gasteiger partial charge in [-0.15, -0.1) is 0 Å². The predicted octanol–water partition coefficient (Wildman–Crippen LogP) is 4.74. The highest BCUT2D eigenvalue weighted by Gasteiger charge is 2.09. The zero-order valence-electron chi connectivity index (χ0n) is 15.6. The number of nitrogens with zero attached hydrogens (tertiary/aromatic N) is 2. The minimum absolute atomic E-state index is 0.0595. The lowest BCUT2D eigenvalue weighted by molar-refractivity contribution is 0.102. The van der Waals surface area contributed by atoms with Crippen molar-refractivity contribution in [1.82, 2.24) is 4.98 Å². The van der Waals surface area contributed by atoms with Crippen molar-refractivity contribution >= 4 is 23.1 Å². The number of nitriles is 1. The second-order valence-electron chi connectivity index (χ2n) is 6.36. The van der Waals surface area contributed by atoms with Gasteiger partial charge in [0.2, 0.25) is 0 Å². The van der Waals surface area contributed by atoms with Crippen molar-refractivity contribution in [2.24, 2.45) is 0 Å². The lowest BCUT2D eigenvalue weighted by atomic mass is 10.2. The molecule has 0 saturated heterocycles. The number of rotatable bonds is 6. The molecule has 0 radical (unpaired) electrons. The Balaban J connectivity index is 1.68. The summed E-state index contributed by atoms with van der Waals surface area (Å²) < 4.78 is 5.79. The SMILES string of the molecule is CC(C)Oc1ccccc1Nc1ccc(C(=O)Nc2ccc(C#N)cc2)cn1. The third-order valence-electron chi connectivity index (χ3n) is 3.81. The number of aromatic nitrogens is 1. The standard InChI is InChI=1S/C22H20N4O2/c1-15(2)28-20-6-4-3-5-19(20)26-21-12-9-17(14-24-21)22(27)25-18-10-7-16(13-23)8-11-18/h3-12,14-15H,1-2H3,(H,24,26)(H,25,27). The molecule has 1 amide bonds. The second kappa shape index (κ2) is 8.69. The molecule has 0 aliphatic heterocycles. The third kappa shape index (κ3) is 4.86. The lowest BCUT2D eigenvalue weighted by Gasteiger charge is -2.15. The molecule has 0 aliphatic rings. The number of nitrogens with one attached hydrogen (secondary N) is 2. The van der Waals surface area contributed by atoms with Crippen molar-refractivity contribution in [1.29, 1.82) is 5.26 Å². The summed E-state index contributed by atoms with van der Waals surface area (Å²) in [6, 6.07) is 19.8. The van der Waals surface area contributed by atoms with Crippen LogP contribution in [-0.2, 0) is 0 Å². The highest BCUT2D eigenvalue weighted by atomic mass is 16.5. The summed E-state index contributed by atoms with van der Waals surface area (Å²) in [7, 11) is 0. The van der Waals surface area contributed by atoms with Crippen molar-refractivity contribution in [3.63, 3.8) is 0 Å². The zero-order valence-corrected chi connectivity index (χ0v) is 15.6. The van der Waals surface area contributed by atoms with Crippen LogP contribution in [0, 0.1) is 11.3 Å². The highest BCUT2D eigenvalue weighted by Crippen LogP contribution is 2.27. The molecule has 2 N–H and O–H groups in total. The maximum absolute atomic E-state index is 12.4. The molecule has 0 saturated carbocycles. The van der Waals surface area contributed by atoms with E-state index < -0.39 is 0 Å². The molecule has 2 aromatic carbocycles. The van der Waals surface area contributed by atoms with Crippen molar-refractivity contribution in [2.45, 2.75) is 20.0 Å². The Morgan fingerprint density at radius 1 is 1.07 bits per heavy atom. The normalized spacial score (nSPS) is 10.2. The Morgan fingerprint density at radius 2 is 1.82 bits per heavy atom. The van der Waals surface area contributed by atoms with E-state index in [-0.39, 0.29) is 12.0 Å². The van der Waals surface area contributed by atoms with Crippen molar-refractivity contribution < 1.29 is 9.53 Å². The number of amides is 1. The molecule has 140 valence electrons. The van der Waals surface area contributed by atoms with E-state index in [0.29, 0.717) is 22.6 Å². The molecule has 0 spiro atoms. The molecule has 0 unspecified atom stereocenters. The van der Waals surface area contributed by atoms with Crippen LogP contribution in [0.5, 0.6) is 5.75 Å². The molecular weight excluding hydrogens is 352 g/mol. The molecular formula is C22H20N4O2. The Kier molecular flexibility index (Phi) is 5.87. The maximum atomic E-state index is 12.4. The number of benzene rings is 2. The molecule has 28 heavy (non-hydrogen) atoms. The highest BCUT2D eigenvalue weighted by molar-refractivity contribution is 6.04. The number of carbonyl (C=O) groups is 1. The van der Waals surface area contributed by atoms with Crippen LogP contribution in [0.1, 0.15) is 29.8 Å². The molecule has 1 aromatic heterocycles. The zero-order chi connectivity index (χ0) is 19.9. The molecule has 0 aliphatic carbocycles. The number of para-hydroxylation sites is 2. The van der Waals surface area contributed by atoms with Crippen LogP contribution in [0.3, 0.4) is 0 Å². The van der Waals surface area contributed by atoms with Gasteiger partial charge in [-0.25, -0.2) is 4.98 Å². The first-order valence-electron chi connectivity index (χ1n) is 8.85. The molecule has 1 heterocycles. The van der Waals surface area contributed by atoms with Gasteiger partial charge >= 0.3 is 0 Å². The van der Waals surface area contributed by atoms with Crippen molar-refractivity contribution in [2.75, 3.05) is 10.6 Å². The number of hydrogen-bond acceptors (Lipinski definition) is 5. The molecule has 3 aromatic rings. The van der Waals surface area contributed by atoms with Gasteiger partial charge in [0.05, 0.1) is 29.0 Å². The van der Waals surface area contributed by atoms with Crippen LogP contribution >= 0.6 is 0 Å². The Hall–Kier alpha value is -3.85. The van der Waals surface area contributed by atoms with E-state index in [1.165, 1.54) is 6.20 Å². The van der Waals surface area contributed by atoms with Crippen LogP contribution < -0.4 is 15.4 Å². The number of hydrogen-bond donors (Lipinski definition) is 2. The predicted molar refractivity (Wildman–Crippen MR) is 109 cm³/mol. The van der Waals surface area contributed by atoms with E-state index in [4.69, 9.17) is 10.00 Å². The minimum Gasteiger partial charge on any atom is -0.489 e. The summed E-state index contributed by atoms with van der Waals surface area (Å²) in [5, 5.41) is 14.8. The summed E-state index contributed by atoms with van der Waals surface area (Å²) in [4.78, 5) is 16.7. The van der Waals surface area contributed by atoms with Crippen LogP contribution in [0.4, 0.5) is 17.2 Å². The largest absolute Gasteiger partial charge is 0.489 e. The lowest BCUT2D eigenvalue weighted by Crippen LogP contribution is -2.12. The smallest absolute Gasteiger partial charge is 0.257 e. The minimum atomic E-state index is -0.271. The summed E-state index contributed by atoms with van der Waals surface area (Å²) in [5.74, 6) is 1.07. The van der Waals surface area contributed by atoms with Crippen molar-refractivity contribution in [3.05, 3.63) is 78.0 Å². The third-order valence-corrected chi connectivity index (χ3v) is 3.81. The van der Waals surface area contributed by atoms with Crippen LogP contribution in [0.15, 0.2) is 66.9 Å². The maximum Gasteiger partial charge on any atom is 0.257 e. The molecule has 6 heteroatoms. The van der Waals surface area contributed by atoms with Gasteiger partial charge in [-0.3, -0.25) is 4.79 Å². The van der Waals surface area contributed by atoms with E-state index in [9.17, 15) is 4.79 Å². The number of ether oxygens (including phenoxy) is 1. The van der Waals surface area contributed by atoms with E-state index >= 15 is 0 Å². The molecule has 0 fully saturated rings. The first kappa shape index (κ1) is 18.9. The van der Waals surface area contributed by atoms with E-state index in [0.717, 1.165) is 11.4 Å². The fourth-order valence-electron chi connectivity index (χ4n) is 2.50. The first-order valence-corrected chi connectivity index (χ1v) is 8.85. The molecule has 0 atom stereocenters. The monoisotopic (exact) mass is 372 g/mol. The van der Waals surface area contributed by atoms with Gasteiger partial charge in [0, 0.05) is 11.9 Å². The van der Waals surface area contributed by atoms with Gasteiger partial charge < -0.3 is 15.4 Å². The topological polar surface area (TPSA) is 87.0 Å². The quantitative estimate of drug-likeness (QED) is 0.653. The summed E-state index contributed by atoms with van der Waals surface area (Å²) >= 11 is 0. The second-order valence-corrected chi connectivity index (χ2v) is 6.36. The van der Waals surface area contributed by atoms with Gasteiger partial charge in [0.25, 0.3) is 5.91 Å². The number of anilines is 3. The fraction of sp³-hybridized carbons (Fsp3) is 0.136. The average Bonchev–Trinajstić information content (AvgIpc) is 2.70. The van der Waals surface area contributed by atoms with E-state index in [1.807, 2.05) is 44.2 Å². The molecule has 3 rings (SSSR count). The summed E-state index contributed by atoms with van der Waals surface area (Å²) in [5.41, 5.74) is 2.39. The Morgan fingerprint density at radius 3 is 2.46 bits per heavy atom. The van der Waals surface area contributed by atoms with Crippen molar-refractivity contribution in [3.8, 4) is 11.8 Å². The van der Waals surface area contributed by atoms with Gasteiger partial charge in [0.1, 0.15) is 11.6 Å². The van der Waals surface area contributed by atoms with E-state index in [1.54, 1.807) is 36.4 Å². The van der Waals surface area contributed by atoms with E-state index in [2.05, 4.69) is 15.6 Å². The molecule has 6 nitrogen and oxygen atoms in total. The Labute approximate surface area is 163 Å². The summed E-state index contributed by atoms with van der Waals surface area (Å²) in [6.45, 7) is 3.94. The fourth-order valence-corrected chi connectivity index (χ4v) is 2.50. The van der Waals surface area contributed by atoms with Gasteiger partial charge in [-0.05, 0) is 62.4 Å². The van der Waals surface area contributed by atoms with Crippen LogP contribution in [0.25, 0.3) is 0 Å². The summed E-state index contributed by atoms with van der Waals surface area (Å²) in [6.07, 6.45) is 1.57. The number of pyridine rings is 1. The van der Waals surface area contributed by atoms with Gasteiger partial charge in [-0.1, -0.05) is 12.1 Å². The Bertz CT molecular complexity index is 990. The van der Waals surface area contributed by atoms with Crippen LogP contribution in [-0.4, -0.2) is 17.0 Å². The average molecular weight is 372 g/mol. The number of carbonyl (C=O) groups excluding carboxylic acids is 1. The van der Waals surface area contributed by atoms with Gasteiger partial charge in [0.15, 0.2) is 0 Å². The van der Waals surface area contributed by atoms with Gasteiger partial charge in [-0.2, -0.15) is 5.26 Å². The first-order chi connectivity index (χ1) is 13.5. The van der Waals surface area contributed by atoms with Crippen LogP contribution in [0.2, 0.25) is 0 Å².